The zero-order valence-electron chi connectivity index (χ0n) is 11.1. The van der Waals surface area contributed by atoms with Crippen LogP contribution in [0.1, 0.15) is 25.3 Å². The van der Waals surface area contributed by atoms with Crippen LogP contribution in [0.2, 0.25) is 0 Å². The van der Waals surface area contributed by atoms with E-state index < -0.39 is 17.3 Å². The molecule has 1 aliphatic rings. The number of Topliss-reactive ketones (excluding diaryl/α,β-unsaturated/α-hetero) is 1. The first-order valence-corrected chi connectivity index (χ1v) is 6.41. The molecule has 6 heteroatoms. The summed E-state index contributed by atoms with van der Waals surface area (Å²) in [6, 6.07) is 4.42. The summed E-state index contributed by atoms with van der Waals surface area (Å²) in [5.41, 5.74) is -1.71. The van der Waals surface area contributed by atoms with Crippen molar-refractivity contribution in [2.75, 3.05) is 13.1 Å². The maximum absolute atomic E-state index is 12.5. The third-order valence-electron chi connectivity index (χ3n) is 3.48. The molecule has 0 saturated carbocycles. The number of halogens is 3. The summed E-state index contributed by atoms with van der Waals surface area (Å²) in [4.78, 5) is 11.8. The molecule has 0 aliphatic carbocycles. The number of hydrogen-bond acceptors (Lipinski definition) is 3. The molecule has 1 heterocycles. The van der Waals surface area contributed by atoms with E-state index in [-0.39, 0.29) is 11.5 Å². The van der Waals surface area contributed by atoms with Crippen LogP contribution in [0.5, 0.6) is 5.75 Å². The van der Waals surface area contributed by atoms with Gasteiger partial charge in [-0.25, -0.2) is 0 Å². The lowest BCUT2D eigenvalue weighted by molar-refractivity contribution is -0.138. The van der Waals surface area contributed by atoms with Crippen LogP contribution in [-0.4, -0.2) is 24.5 Å². The van der Waals surface area contributed by atoms with Gasteiger partial charge in [-0.15, -0.1) is 0 Å². The largest absolute Gasteiger partial charge is 0.478 e. The van der Waals surface area contributed by atoms with Gasteiger partial charge in [-0.3, -0.25) is 4.79 Å². The van der Waals surface area contributed by atoms with E-state index in [0.29, 0.717) is 13.0 Å². The van der Waals surface area contributed by atoms with Gasteiger partial charge in [0.1, 0.15) is 5.75 Å². The highest BCUT2D eigenvalue weighted by Crippen LogP contribution is 2.32. The van der Waals surface area contributed by atoms with Crippen LogP contribution in [0.3, 0.4) is 0 Å². The van der Waals surface area contributed by atoms with Crippen LogP contribution in [-0.2, 0) is 11.0 Å². The number of rotatable bonds is 3. The van der Waals surface area contributed by atoms with Crippen molar-refractivity contribution >= 4 is 5.78 Å². The van der Waals surface area contributed by atoms with Gasteiger partial charge < -0.3 is 10.1 Å². The average molecular weight is 287 g/mol. The Hall–Kier alpha value is -1.56. The molecule has 0 spiro atoms. The first kappa shape index (κ1) is 14.8. The minimum Gasteiger partial charge on any atom is -0.478 e. The number of ketones is 1. The van der Waals surface area contributed by atoms with E-state index in [4.69, 9.17) is 4.74 Å². The highest BCUT2D eigenvalue weighted by atomic mass is 19.4. The Morgan fingerprint density at radius 2 is 1.95 bits per heavy atom. The van der Waals surface area contributed by atoms with E-state index in [1.54, 1.807) is 0 Å². The highest BCUT2D eigenvalue weighted by Gasteiger charge is 2.39. The third kappa shape index (κ3) is 3.12. The van der Waals surface area contributed by atoms with Gasteiger partial charge in [0.2, 0.25) is 0 Å². The van der Waals surface area contributed by atoms with Gasteiger partial charge in [0.05, 0.1) is 5.56 Å². The lowest BCUT2D eigenvalue weighted by Gasteiger charge is -2.35. The summed E-state index contributed by atoms with van der Waals surface area (Å²) in [5, 5.41) is 3.09. The van der Waals surface area contributed by atoms with E-state index in [0.717, 1.165) is 25.1 Å². The van der Waals surface area contributed by atoms with Crippen molar-refractivity contribution in [3.63, 3.8) is 0 Å². The lowest BCUT2D eigenvalue weighted by Crippen LogP contribution is -2.54. The molecule has 20 heavy (non-hydrogen) atoms. The van der Waals surface area contributed by atoms with Crippen molar-refractivity contribution in [3.05, 3.63) is 29.8 Å². The molecule has 1 aromatic carbocycles. The number of ether oxygens (including phenoxy) is 1. The Morgan fingerprint density at radius 1 is 1.30 bits per heavy atom. The topological polar surface area (TPSA) is 38.3 Å². The van der Waals surface area contributed by atoms with Crippen molar-refractivity contribution in [1.29, 1.82) is 0 Å². The summed E-state index contributed by atoms with van der Waals surface area (Å²) >= 11 is 0. The summed E-state index contributed by atoms with van der Waals surface area (Å²) in [7, 11) is 0. The molecule has 1 aromatic rings. The van der Waals surface area contributed by atoms with Crippen LogP contribution in [0.15, 0.2) is 24.3 Å². The van der Waals surface area contributed by atoms with Gasteiger partial charge in [-0.2, -0.15) is 13.2 Å². The summed E-state index contributed by atoms with van der Waals surface area (Å²) in [5.74, 6) is 0.154. The van der Waals surface area contributed by atoms with Crippen LogP contribution >= 0.6 is 0 Å². The molecular weight excluding hydrogens is 271 g/mol. The molecule has 1 aliphatic heterocycles. The molecule has 0 radical (unpaired) electrons. The smallest absolute Gasteiger partial charge is 0.416 e. The minimum absolute atomic E-state index is 0.121. The maximum Gasteiger partial charge on any atom is 0.416 e. The van der Waals surface area contributed by atoms with E-state index in [1.165, 1.54) is 19.1 Å². The van der Waals surface area contributed by atoms with E-state index >= 15 is 0 Å². The zero-order valence-corrected chi connectivity index (χ0v) is 11.1. The molecule has 0 aromatic heterocycles. The fraction of sp³-hybridized carbons (Fsp3) is 0.500. The molecule has 1 atom stereocenters. The molecule has 0 amide bonds. The van der Waals surface area contributed by atoms with E-state index in [9.17, 15) is 18.0 Å². The Morgan fingerprint density at radius 3 is 2.40 bits per heavy atom. The molecule has 110 valence electrons. The second kappa shape index (κ2) is 5.44. The van der Waals surface area contributed by atoms with Crippen molar-refractivity contribution < 1.29 is 22.7 Å². The van der Waals surface area contributed by atoms with Gasteiger partial charge >= 0.3 is 6.18 Å². The van der Waals surface area contributed by atoms with Crippen LogP contribution in [0.25, 0.3) is 0 Å². The van der Waals surface area contributed by atoms with Crippen molar-refractivity contribution in [2.45, 2.75) is 31.5 Å². The average Bonchev–Trinajstić information content (AvgIpc) is 2.39. The number of carbonyl (C=O) groups excluding carboxylic acids is 1. The van der Waals surface area contributed by atoms with Gasteiger partial charge in [-0.1, -0.05) is 0 Å². The number of nitrogens with one attached hydrogen (secondary N) is 1. The Labute approximate surface area is 115 Å². The standard InChI is InChI=1S/C14H16F3NO2/c1-10(19)13(7-2-8-18-9-13)20-12-5-3-11(4-6-12)14(15,16)17/h3-6,18H,2,7-9H2,1H3. The maximum atomic E-state index is 12.5. The van der Waals surface area contributed by atoms with Gasteiger partial charge in [0.25, 0.3) is 0 Å². The number of carbonyl (C=O) groups is 1. The first-order valence-electron chi connectivity index (χ1n) is 6.41. The quantitative estimate of drug-likeness (QED) is 0.929. The predicted octanol–water partition coefficient (Wildman–Crippen LogP) is 2.80. The van der Waals surface area contributed by atoms with E-state index in [2.05, 4.69) is 5.32 Å². The van der Waals surface area contributed by atoms with Crippen LogP contribution in [0.4, 0.5) is 13.2 Å². The Bertz CT molecular complexity index is 476. The summed E-state index contributed by atoms with van der Waals surface area (Å²) in [6.45, 7) is 2.63. The number of piperidine rings is 1. The minimum atomic E-state index is -4.37. The summed E-state index contributed by atoms with van der Waals surface area (Å²) < 4.78 is 43.1. The zero-order chi connectivity index (χ0) is 14.8. The fourth-order valence-electron chi connectivity index (χ4n) is 2.27. The highest BCUT2D eigenvalue weighted by molar-refractivity contribution is 5.85. The Kier molecular flexibility index (Phi) is 4.04. The number of alkyl halides is 3. The van der Waals surface area contributed by atoms with Crippen molar-refractivity contribution in [3.8, 4) is 5.75 Å². The van der Waals surface area contributed by atoms with Crippen LogP contribution in [0, 0.1) is 0 Å². The second-order valence-corrected chi connectivity index (χ2v) is 4.96. The Balaban J connectivity index is 2.17. The SMILES string of the molecule is CC(=O)C1(Oc2ccc(C(F)(F)F)cc2)CCCNC1. The van der Waals surface area contributed by atoms with Gasteiger partial charge in [-0.05, 0) is 50.6 Å². The first-order chi connectivity index (χ1) is 9.33. The molecule has 2 rings (SSSR count). The molecule has 1 unspecified atom stereocenters. The molecule has 0 bridgehead atoms. The lowest BCUT2D eigenvalue weighted by atomic mass is 9.90. The summed E-state index contributed by atoms with van der Waals surface area (Å²) in [6.07, 6.45) is -3.01. The molecule has 1 fully saturated rings. The molecule has 1 N–H and O–H groups in total. The number of benzene rings is 1. The number of hydrogen-bond donors (Lipinski definition) is 1. The van der Waals surface area contributed by atoms with Crippen LogP contribution < -0.4 is 10.1 Å². The molecule has 1 saturated heterocycles. The van der Waals surface area contributed by atoms with Gasteiger partial charge in [0, 0.05) is 6.54 Å². The second-order valence-electron chi connectivity index (χ2n) is 4.96. The van der Waals surface area contributed by atoms with E-state index in [1.807, 2.05) is 0 Å². The van der Waals surface area contributed by atoms with Gasteiger partial charge in [0.15, 0.2) is 11.4 Å². The predicted molar refractivity (Wildman–Crippen MR) is 67.6 cm³/mol. The fourth-order valence-corrected chi connectivity index (χ4v) is 2.27. The monoisotopic (exact) mass is 287 g/mol. The third-order valence-corrected chi connectivity index (χ3v) is 3.48. The van der Waals surface area contributed by atoms with Crippen molar-refractivity contribution in [1.82, 2.24) is 5.32 Å². The molecule has 3 nitrogen and oxygen atoms in total. The molecular formula is C14H16F3NO2. The normalized spacial score (nSPS) is 23.4. The van der Waals surface area contributed by atoms with Crippen molar-refractivity contribution in [2.24, 2.45) is 0 Å².